The van der Waals surface area contributed by atoms with Crippen molar-refractivity contribution in [3.8, 4) is 0 Å². The number of hydrogen-bond donors (Lipinski definition) is 1. The highest BCUT2D eigenvalue weighted by molar-refractivity contribution is 5.69. The fourth-order valence-electron chi connectivity index (χ4n) is 5.16. The number of carbonyl (C=O) groups is 1. The lowest BCUT2D eigenvalue weighted by atomic mass is 9.74. The van der Waals surface area contributed by atoms with Gasteiger partial charge in [0.1, 0.15) is 6.54 Å². The molecule has 0 amide bonds. The predicted molar refractivity (Wildman–Crippen MR) is 139 cm³/mol. The number of nitrogens with zero attached hydrogens (tertiary/aromatic N) is 5. The molecule has 3 aromatic carbocycles. The molecule has 1 atom stereocenters. The maximum absolute atomic E-state index is 11.8. The molecule has 8 nitrogen and oxygen atoms in total. The first kappa shape index (κ1) is 24.5. The van der Waals surface area contributed by atoms with Gasteiger partial charge in [-0.15, -0.1) is 5.10 Å². The van der Waals surface area contributed by atoms with E-state index >= 15 is 0 Å². The van der Waals surface area contributed by atoms with Gasteiger partial charge in [0.05, 0.1) is 18.8 Å². The number of rotatable bonds is 7. The Bertz CT molecular complexity index is 1260. The van der Waals surface area contributed by atoms with Crippen LogP contribution in [-0.4, -0.2) is 62.5 Å². The number of aromatic nitrogens is 4. The number of piperidine rings is 1. The molecule has 37 heavy (non-hydrogen) atoms. The first-order chi connectivity index (χ1) is 18.1. The van der Waals surface area contributed by atoms with Gasteiger partial charge in [-0.3, -0.25) is 9.69 Å². The number of methoxy groups -OCH3 is 1. The number of aliphatic hydroxyl groups excluding tert-OH is 1. The summed E-state index contributed by atoms with van der Waals surface area (Å²) in [5, 5.41) is 22.7. The van der Waals surface area contributed by atoms with Gasteiger partial charge in [-0.2, -0.15) is 0 Å². The minimum atomic E-state index is -0.653. The maximum atomic E-state index is 11.8. The zero-order valence-corrected chi connectivity index (χ0v) is 20.6. The van der Waals surface area contributed by atoms with E-state index in [-0.39, 0.29) is 6.54 Å². The van der Waals surface area contributed by atoms with Gasteiger partial charge in [0.15, 0.2) is 5.82 Å². The average molecular weight is 496 g/mol. The van der Waals surface area contributed by atoms with Crippen LogP contribution >= 0.6 is 0 Å². The number of hydrogen-bond acceptors (Lipinski definition) is 7. The van der Waals surface area contributed by atoms with E-state index in [0.717, 1.165) is 22.3 Å². The lowest BCUT2D eigenvalue weighted by Gasteiger charge is -2.48. The molecule has 1 aliphatic heterocycles. The van der Waals surface area contributed by atoms with E-state index < -0.39 is 17.6 Å². The molecule has 1 fully saturated rings. The van der Waals surface area contributed by atoms with Crippen molar-refractivity contribution >= 4 is 12.0 Å². The summed E-state index contributed by atoms with van der Waals surface area (Å²) in [6, 6.07) is 31.4. The highest BCUT2D eigenvalue weighted by Crippen LogP contribution is 2.44. The zero-order valence-electron chi connectivity index (χ0n) is 20.6. The third kappa shape index (κ3) is 4.81. The number of tetrazole rings is 1. The lowest BCUT2D eigenvalue weighted by molar-refractivity contribution is -0.141. The Morgan fingerprint density at radius 2 is 1.51 bits per heavy atom. The molecule has 1 unspecified atom stereocenters. The van der Waals surface area contributed by atoms with Crippen molar-refractivity contribution in [1.29, 1.82) is 0 Å². The summed E-state index contributed by atoms with van der Waals surface area (Å²) >= 11 is 0. The number of ether oxygens (including phenoxy) is 1. The molecule has 0 bridgehead atoms. The Morgan fingerprint density at radius 1 is 0.973 bits per heavy atom. The number of benzene rings is 3. The molecule has 2 heterocycles. The Morgan fingerprint density at radius 3 is 2.03 bits per heavy atom. The second kappa shape index (κ2) is 10.9. The SMILES string of the molecule is COC(=O)Cn1nnnc1/C=C1/CN(C(c2ccccc2)(c2ccccc2)c2ccccc2)CCC1O. The van der Waals surface area contributed by atoms with E-state index in [4.69, 9.17) is 4.74 Å². The number of carbonyl (C=O) groups excluding carboxylic acids is 1. The Hall–Kier alpha value is -4.14. The van der Waals surface area contributed by atoms with Gasteiger partial charge in [-0.25, -0.2) is 4.68 Å². The number of esters is 1. The predicted octanol–water partition coefficient (Wildman–Crippen LogP) is 3.29. The largest absolute Gasteiger partial charge is 0.468 e. The van der Waals surface area contributed by atoms with E-state index in [1.807, 2.05) is 18.2 Å². The molecular weight excluding hydrogens is 466 g/mol. The smallest absolute Gasteiger partial charge is 0.327 e. The van der Waals surface area contributed by atoms with Gasteiger partial charge in [0, 0.05) is 13.1 Å². The molecule has 4 aromatic rings. The van der Waals surface area contributed by atoms with Gasteiger partial charge >= 0.3 is 5.97 Å². The van der Waals surface area contributed by atoms with Gasteiger partial charge in [-0.1, -0.05) is 91.0 Å². The second-order valence-corrected chi connectivity index (χ2v) is 9.02. The highest BCUT2D eigenvalue weighted by Gasteiger charge is 2.44. The van der Waals surface area contributed by atoms with Crippen LogP contribution in [0, 0.1) is 0 Å². The van der Waals surface area contributed by atoms with Crippen LogP contribution in [0.1, 0.15) is 28.9 Å². The number of likely N-dealkylation sites (tertiary alicyclic amines) is 1. The molecule has 1 N–H and O–H groups in total. The molecule has 0 radical (unpaired) electrons. The first-order valence-corrected chi connectivity index (χ1v) is 12.3. The lowest BCUT2D eigenvalue weighted by Crippen LogP contribution is -2.52. The van der Waals surface area contributed by atoms with Crippen molar-refractivity contribution in [3.05, 3.63) is 119 Å². The third-order valence-corrected chi connectivity index (χ3v) is 6.90. The monoisotopic (exact) mass is 495 g/mol. The molecule has 1 saturated heterocycles. The molecule has 0 saturated carbocycles. The van der Waals surface area contributed by atoms with Crippen LogP contribution in [0.25, 0.3) is 6.08 Å². The van der Waals surface area contributed by atoms with Crippen molar-refractivity contribution in [2.45, 2.75) is 24.6 Å². The Kier molecular flexibility index (Phi) is 7.20. The van der Waals surface area contributed by atoms with Gasteiger partial charge in [0.2, 0.25) is 0 Å². The molecule has 0 aliphatic carbocycles. The van der Waals surface area contributed by atoms with Crippen LogP contribution in [0.5, 0.6) is 0 Å². The summed E-state index contributed by atoms with van der Waals surface area (Å²) in [6.45, 7) is 1.04. The fraction of sp³-hybridized carbons (Fsp3) is 0.241. The summed E-state index contributed by atoms with van der Waals surface area (Å²) < 4.78 is 6.14. The van der Waals surface area contributed by atoms with Gasteiger partial charge in [-0.05, 0) is 45.2 Å². The summed E-state index contributed by atoms with van der Waals surface area (Å²) in [5.41, 5.74) is 3.59. The molecule has 8 heteroatoms. The molecule has 188 valence electrons. The van der Waals surface area contributed by atoms with Crippen LogP contribution in [0.3, 0.4) is 0 Å². The minimum absolute atomic E-state index is 0.107. The minimum Gasteiger partial charge on any atom is -0.468 e. The van der Waals surface area contributed by atoms with E-state index in [9.17, 15) is 9.90 Å². The summed E-state index contributed by atoms with van der Waals surface area (Å²) in [5.74, 6) is -0.0555. The first-order valence-electron chi connectivity index (χ1n) is 12.3. The highest BCUT2D eigenvalue weighted by atomic mass is 16.5. The summed E-state index contributed by atoms with van der Waals surface area (Å²) in [7, 11) is 1.32. The normalized spacial score (nSPS) is 17.6. The van der Waals surface area contributed by atoms with Crippen LogP contribution in [0.2, 0.25) is 0 Å². The summed E-state index contributed by atoms with van der Waals surface area (Å²) in [4.78, 5) is 14.2. The van der Waals surface area contributed by atoms with E-state index in [2.05, 4.69) is 93.2 Å². The van der Waals surface area contributed by atoms with Crippen LogP contribution in [0.15, 0.2) is 96.6 Å². The van der Waals surface area contributed by atoms with Crippen molar-refractivity contribution < 1.29 is 14.6 Å². The van der Waals surface area contributed by atoms with E-state index in [1.54, 1.807) is 6.08 Å². The average Bonchev–Trinajstić information content (AvgIpc) is 3.38. The van der Waals surface area contributed by atoms with Crippen molar-refractivity contribution in [1.82, 2.24) is 25.1 Å². The fourth-order valence-corrected chi connectivity index (χ4v) is 5.16. The Labute approximate surface area is 215 Å². The molecule has 0 spiro atoms. The maximum Gasteiger partial charge on any atom is 0.327 e. The second-order valence-electron chi connectivity index (χ2n) is 9.02. The van der Waals surface area contributed by atoms with Crippen LogP contribution in [0.4, 0.5) is 0 Å². The van der Waals surface area contributed by atoms with Gasteiger partial charge in [0.25, 0.3) is 0 Å². The van der Waals surface area contributed by atoms with Gasteiger partial charge < -0.3 is 9.84 Å². The van der Waals surface area contributed by atoms with Crippen molar-refractivity contribution in [3.63, 3.8) is 0 Å². The molecule has 1 aromatic heterocycles. The topological polar surface area (TPSA) is 93.4 Å². The quantitative estimate of drug-likeness (QED) is 0.311. The third-order valence-electron chi connectivity index (χ3n) is 6.90. The van der Waals surface area contributed by atoms with Crippen LogP contribution < -0.4 is 0 Å². The molecule has 1 aliphatic rings. The van der Waals surface area contributed by atoms with Crippen LogP contribution in [-0.2, 0) is 21.6 Å². The summed E-state index contributed by atoms with van der Waals surface area (Å²) in [6.07, 6.45) is 1.67. The molecule has 5 rings (SSSR count). The van der Waals surface area contributed by atoms with Crippen molar-refractivity contribution in [2.24, 2.45) is 0 Å². The van der Waals surface area contributed by atoms with E-state index in [0.29, 0.717) is 25.3 Å². The Balaban J connectivity index is 1.64. The zero-order chi connectivity index (χ0) is 25.7. The molecular formula is C29H29N5O3. The standard InChI is InChI=1S/C29H29N5O3/c1-37-28(36)21-34-27(30-31-32-34)19-22-20-33(18-17-26(22)35)29(23-11-5-2-6-12-23,24-13-7-3-8-14-24)25-15-9-4-10-16-25/h2-16,19,26,35H,17-18,20-21H2,1H3/b22-19-. The van der Waals surface area contributed by atoms with E-state index in [1.165, 1.54) is 11.8 Å². The van der Waals surface area contributed by atoms with Crippen molar-refractivity contribution in [2.75, 3.05) is 20.2 Å². The number of aliphatic hydroxyl groups is 1.